The smallest absolute Gasteiger partial charge is 0.307 e. The molecule has 0 spiro atoms. The number of hydrogen-bond acceptors (Lipinski definition) is 6. The second-order valence-corrected chi connectivity index (χ2v) is 6.94. The molecule has 0 aliphatic heterocycles. The summed E-state index contributed by atoms with van der Waals surface area (Å²) in [6.07, 6.45) is 0.808. The number of hydrogen-bond donors (Lipinski definition) is 2. The number of rotatable bonds is 7. The molecule has 0 aliphatic carbocycles. The Kier molecular flexibility index (Phi) is 5.71. The van der Waals surface area contributed by atoms with E-state index in [2.05, 4.69) is 17.2 Å². The van der Waals surface area contributed by atoms with Crippen LogP contribution in [0.15, 0.2) is 35.7 Å². The molecule has 6 nitrogen and oxygen atoms in total. The molecular formula is C20H21N3O3S. The number of carboxylic acid groups (broad SMARTS) is 1. The van der Waals surface area contributed by atoms with Gasteiger partial charge in [-0.1, -0.05) is 19.1 Å². The Hall–Kier alpha value is -2.93. The number of aliphatic carboxylic acids is 1. The van der Waals surface area contributed by atoms with Crippen molar-refractivity contribution >= 4 is 28.8 Å². The van der Waals surface area contributed by atoms with Gasteiger partial charge in [0.1, 0.15) is 16.4 Å². The first-order chi connectivity index (χ1) is 13.0. The zero-order valence-electron chi connectivity index (χ0n) is 15.4. The highest BCUT2D eigenvalue weighted by atomic mass is 32.1. The molecule has 0 amide bonds. The van der Waals surface area contributed by atoms with E-state index >= 15 is 0 Å². The van der Waals surface area contributed by atoms with Crippen LogP contribution in [0.2, 0.25) is 0 Å². The van der Waals surface area contributed by atoms with Gasteiger partial charge in [-0.25, -0.2) is 9.97 Å². The predicted octanol–water partition coefficient (Wildman–Crippen LogP) is 4.46. The summed E-state index contributed by atoms with van der Waals surface area (Å²) in [4.78, 5) is 21.1. The average molecular weight is 383 g/mol. The molecule has 3 rings (SSSR count). The van der Waals surface area contributed by atoms with Crippen molar-refractivity contribution in [2.75, 3.05) is 12.4 Å². The lowest BCUT2D eigenvalue weighted by Gasteiger charge is -2.14. The van der Waals surface area contributed by atoms with Gasteiger partial charge in [0.25, 0.3) is 0 Å². The summed E-state index contributed by atoms with van der Waals surface area (Å²) < 4.78 is 5.40. The van der Waals surface area contributed by atoms with Crippen LogP contribution < -0.4 is 10.1 Å². The minimum absolute atomic E-state index is 0.00935. The maximum Gasteiger partial charge on any atom is 0.307 e. The summed E-state index contributed by atoms with van der Waals surface area (Å²) in [6.45, 7) is 4.05. The molecule has 2 aromatic heterocycles. The fourth-order valence-electron chi connectivity index (χ4n) is 2.86. The van der Waals surface area contributed by atoms with Gasteiger partial charge in [-0.15, -0.1) is 11.3 Å². The number of carbonyl (C=O) groups is 1. The molecule has 2 heterocycles. The number of ether oxygens (including phenoxy) is 1. The van der Waals surface area contributed by atoms with Gasteiger partial charge in [-0.05, 0) is 42.5 Å². The molecule has 0 saturated heterocycles. The first-order valence-electron chi connectivity index (χ1n) is 8.59. The Morgan fingerprint density at radius 2 is 1.96 bits per heavy atom. The lowest BCUT2D eigenvalue weighted by atomic mass is 10.1. The molecular weight excluding hydrogens is 362 g/mol. The molecule has 0 aliphatic rings. The highest BCUT2D eigenvalue weighted by molar-refractivity contribution is 7.13. The molecule has 0 bridgehead atoms. The number of carboxylic acids is 1. The monoisotopic (exact) mass is 383 g/mol. The molecule has 0 saturated carbocycles. The zero-order valence-corrected chi connectivity index (χ0v) is 16.3. The number of anilines is 2. The normalized spacial score (nSPS) is 10.6. The molecule has 140 valence electrons. The first-order valence-corrected chi connectivity index (χ1v) is 9.47. The van der Waals surface area contributed by atoms with Gasteiger partial charge < -0.3 is 15.2 Å². The minimum Gasteiger partial charge on any atom is -0.495 e. The average Bonchev–Trinajstić information content (AvgIpc) is 3.11. The number of thiophene rings is 1. The molecule has 0 atom stereocenters. The van der Waals surface area contributed by atoms with Crippen LogP contribution in [0.5, 0.6) is 5.75 Å². The van der Waals surface area contributed by atoms with Gasteiger partial charge >= 0.3 is 5.97 Å². The van der Waals surface area contributed by atoms with Crippen molar-refractivity contribution in [3.8, 4) is 16.5 Å². The second kappa shape index (κ2) is 8.18. The first kappa shape index (κ1) is 18.8. The van der Waals surface area contributed by atoms with Crippen LogP contribution in [0.25, 0.3) is 10.7 Å². The van der Waals surface area contributed by atoms with E-state index in [-0.39, 0.29) is 6.42 Å². The summed E-state index contributed by atoms with van der Waals surface area (Å²) in [5.41, 5.74) is 3.57. The highest BCUT2D eigenvalue weighted by Gasteiger charge is 2.16. The Morgan fingerprint density at radius 3 is 2.59 bits per heavy atom. The van der Waals surface area contributed by atoms with Crippen molar-refractivity contribution in [2.45, 2.75) is 26.7 Å². The van der Waals surface area contributed by atoms with Gasteiger partial charge in [0.15, 0.2) is 5.82 Å². The Labute approximate surface area is 161 Å². The van der Waals surface area contributed by atoms with E-state index in [1.54, 1.807) is 19.2 Å². The van der Waals surface area contributed by atoms with Gasteiger partial charge in [0, 0.05) is 16.9 Å². The number of methoxy groups -OCH3 is 1. The molecule has 1 aromatic carbocycles. The minimum atomic E-state index is -0.843. The fraction of sp³-hybridized carbons (Fsp3) is 0.250. The third-order valence-corrected chi connectivity index (χ3v) is 5.08. The number of nitrogens with zero attached hydrogens (tertiary/aromatic N) is 2. The largest absolute Gasteiger partial charge is 0.495 e. The third kappa shape index (κ3) is 4.25. The van der Waals surface area contributed by atoms with E-state index in [9.17, 15) is 4.79 Å². The summed E-state index contributed by atoms with van der Waals surface area (Å²) >= 11 is 1.54. The Morgan fingerprint density at radius 1 is 1.22 bits per heavy atom. The third-order valence-electron chi connectivity index (χ3n) is 4.19. The quantitative estimate of drug-likeness (QED) is 0.627. The lowest BCUT2D eigenvalue weighted by molar-refractivity contribution is -0.136. The van der Waals surface area contributed by atoms with Gasteiger partial charge in [0.05, 0.1) is 13.5 Å². The second-order valence-electron chi connectivity index (χ2n) is 6.02. The van der Waals surface area contributed by atoms with Crippen molar-refractivity contribution in [1.29, 1.82) is 0 Å². The van der Waals surface area contributed by atoms with Crippen LogP contribution >= 0.6 is 11.3 Å². The van der Waals surface area contributed by atoms with Crippen LogP contribution in [-0.2, 0) is 17.6 Å². The van der Waals surface area contributed by atoms with Crippen LogP contribution in [0.4, 0.5) is 11.5 Å². The summed E-state index contributed by atoms with van der Waals surface area (Å²) in [5.74, 6) is 1.29. The van der Waals surface area contributed by atoms with E-state index in [1.807, 2.05) is 30.5 Å². The van der Waals surface area contributed by atoms with Crippen molar-refractivity contribution in [3.63, 3.8) is 0 Å². The van der Waals surface area contributed by atoms with Crippen LogP contribution in [0.1, 0.15) is 23.7 Å². The predicted molar refractivity (Wildman–Crippen MR) is 107 cm³/mol. The van der Waals surface area contributed by atoms with Gasteiger partial charge in [0.2, 0.25) is 0 Å². The van der Waals surface area contributed by atoms with Crippen molar-refractivity contribution in [1.82, 2.24) is 9.97 Å². The highest BCUT2D eigenvalue weighted by Crippen LogP contribution is 2.35. The molecule has 7 heteroatoms. The molecule has 0 unspecified atom stereocenters. The number of nitrogens with one attached hydrogen (secondary N) is 1. The number of benzene rings is 1. The maximum atomic E-state index is 10.8. The van der Waals surface area contributed by atoms with E-state index in [0.717, 1.165) is 45.4 Å². The standard InChI is InChI=1S/C20H21N3O3S/c1-4-15-12(2)21-20(18-16(26-3)9-10-27-18)23-19(15)22-14-7-5-13(6-8-14)11-17(24)25/h5-10H,4,11H2,1-3H3,(H,24,25)(H,21,22,23). The van der Waals surface area contributed by atoms with E-state index in [1.165, 1.54) is 11.3 Å². The van der Waals surface area contributed by atoms with Crippen LogP contribution in [-0.4, -0.2) is 28.2 Å². The molecule has 27 heavy (non-hydrogen) atoms. The van der Waals surface area contributed by atoms with Crippen LogP contribution in [0, 0.1) is 6.92 Å². The Bertz CT molecular complexity index is 952. The lowest BCUT2D eigenvalue weighted by Crippen LogP contribution is -2.05. The van der Waals surface area contributed by atoms with Gasteiger partial charge in [-0.3, -0.25) is 4.79 Å². The van der Waals surface area contributed by atoms with Crippen molar-refractivity contribution in [3.05, 3.63) is 52.5 Å². The number of aryl methyl sites for hydroxylation is 1. The maximum absolute atomic E-state index is 10.8. The number of aromatic nitrogens is 2. The Balaban J connectivity index is 1.95. The topological polar surface area (TPSA) is 84.3 Å². The summed E-state index contributed by atoms with van der Waals surface area (Å²) in [5, 5.41) is 14.2. The van der Waals surface area contributed by atoms with E-state index in [0.29, 0.717) is 5.82 Å². The van der Waals surface area contributed by atoms with Crippen molar-refractivity contribution in [2.24, 2.45) is 0 Å². The van der Waals surface area contributed by atoms with Crippen LogP contribution in [0.3, 0.4) is 0 Å². The molecule has 2 N–H and O–H groups in total. The fourth-order valence-corrected chi connectivity index (χ4v) is 3.65. The summed E-state index contributed by atoms with van der Waals surface area (Å²) in [6, 6.07) is 9.24. The molecule has 0 radical (unpaired) electrons. The van der Waals surface area contributed by atoms with Gasteiger partial charge in [-0.2, -0.15) is 0 Å². The van der Waals surface area contributed by atoms with Crippen molar-refractivity contribution < 1.29 is 14.6 Å². The SMILES string of the molecule is CCc1c(C)nc(-c2sccc2OC)nc1Nc1ccc(CC(=O)O)cc1. The zero-order chi connectivity index (χ0) is 19.4. The summed E-state index contributed by atoms with van der Waals surface area (Å²) in [7, 11) is 1.64. The van der Waals surface area contributed by atoms with E-state index < -0.39 is 5.97 Å². The molecule has 0 fully saturated rings. The molecule has 3 aromatic rings. The van der Waals surface area contributed by atoms with E-state index in [4.69, 9.17) is 14.8 Å².